The molecular formula is C33H58Br2O2Se. The van der Waals surface area contributed by atoms with Crippen molar-refractivity contribution in [1.29, 1.82) is 0 Å². The van der Waals surface area contributed by atoms with E-state index in [1.807, 2.05) is 0 Å². The fraction of sp³-hybridized carbons (Fsp3) is 0.879. The Morgan fingerprint density at radius 2 is 0.842 bits per heavy atom. The van der Waals surface area contributed by atoms with Crippen molar-refractivity contribution in [1.82, 2.24) is 0 Å². The van der Waals surface area contributed by atoms with Crippen molar-refractivity contribution in [3.05, 3.63) is 17.8 Å². The van der Waals surface area contributed by atoms with Crippen LogP contribution in [0.5, 0.6) is 0 Å². The Morgan fingerprint density at radius 3 is 1.18 bits per heavy atom. The Balaban J connectivity index is 1.59. The second-order valence-electron chi connectivity index (χ2n) is 11.9. The van der Waals surface area contributed by atoms with Gasteiger partial charge in [-0.3, -0.25) is 0 Å². The van der Waals surface area contributed by atoms with Gasteiger partial charge in [-0.05, 0) is 0 Å². The first-order chi connectivity index (χ1) is 18.6. The molecule has 1 aliphatic carbocycles. The maximum atomic E-state index is 6.34. The summed E-state index contributed by atoms with van der Waals surface area (Å²) < 4.78 is 15.5. The summed E-state index contributed by atoms with van der Waals surface area (Å²) >= 11 is 8.18. The monoisotopic (exact) mass is 724 g/mol. The molecule has 0 atom stereocenters. The molecule has 0 radical (unpaired) electrons. The number of rotatable bonds is 26. The van der Waals surface area contributed by atoms with Crippen molar-refractivity contribution in [2.75, 3.05) is 26.4 Å². The van der Waals surface area contributed by atoms with Crippen LogP contribution < -0.4 is 0 Å². The third-order valence-electron chi connectivity index (χ3n) is 8.22. The quantitative estimate of drug-likeness (QED) is 0.0699. The van der Waals surface area contributed by atoms with E-state index in [2.05, 4.69) is 45.7 Å². The molecule has 0 amide bonds. The molecule has 0 unspecified atom stereocenters. The van der Waals surface area contributed by atoms with Crippen molar-refractivity contribution in [2.24, 2.45) is 5.41 Å². The van der Waals surface area contributed by atoms with Gasteiger partial charge < -0.3 is 0 Å². The molecule has 0 aromatic carbocycles. The van der Waals surface area contributed by atoms with Gasteiger partial charge in [0.25, 0.3) is 0 Å². The molecule has 0 bridgehead atoms. The molecule has 2 rings (SSSR count). The molecule has 222 valence electrons. The van der Waals surface area contributed by atoms with Crippen molar-refractivity contribution in [3.63, 3.8) is 0 Å². The van der Waals surface area contributed by atoms with E-state index < -0.39 is 0 Å². The molecule has 0 saturated carbocycles. The van der Waals surface area contributed by atoms with Gasteiger partial charge in [0.05, 0.1) is 0 Å². The average molecular weight is 726 g/mol. The van der Waals surface area contributed by atoms with Crippen LogP contribution in [0.15, 0.2) is 6.69 Å². The Morgan fingerprint density at radius 1 is 0.526 bits per heavy atom. The number of ether oxygens (including phenoxy) is 2. The summed E-state index contributed by atoms with van der Waals surface area (Å²) in [5, 5.41) is 0. The van der Waals surface area contributed by atoms with E-state index in [9.17, 15) is 0 Å². The predicted molar refractivity (Wildman–Crippen MR) is 174 cm³/mol. The van der Waals surface area contributed by atoms with Gasteiger partial charge >= 0.3 is 183 Å². The molecular weight excluding hydrogens is 667 g/mol. The van der Waals surface area contributed by atoms with Gasteiger partial charge in [-0.2, -0.15) is 0 Å². The number of halogens is 2. The van der Waals surface area contributed by atoms with Crippen LogP contribution in [0.1, 0.15) is 153 Å². The molecule has 1 aliphatic rings. The van der Waals surface area contributed by atoms with Gasteiger partial charge in [0.15, 0.2) is 0 Å². The number of hydrogen-bond donors (Lipinski definition) is 0. The molecule has 0 saturated heterocycles. The van der Waals surface area contributed by atoms with Crippen LogP contribution in [0.3, 0.4) is 0 Å². The van der Waals surface area contributed by atoms with E-state index in [0.29, 0.717) is 14.5 Å². The Hall–Kier alpha value is 0.879. The first kappa shape index (κ1) is 35.1. The minimum atomic E-state index is 0.121. The SMILES string of the molecule is CCCCCCCCCCCCOCC1(COCCCCCCCCCCCC)Cc2c(Br)[se]c(Br)c2C1. The van der Waals surface area contributed by atoms with Crippen LogP contribution in [-0.2, 0) is 22.3 Å². The summed E-state index contributed by atoms with van der Waals surface area (Å²) in [6, 6.07) is 0. The normalized spacial score (nSPS) is 14.4. The van der Waals surface area contributed by atoms with Crippen LogP contribution in [0.2, 0.25) is 0 Å². The van der Waals surface area contributed by atoms with E-state index in [1.165, 1.54) is 135 Å². The van der Waals surface area contributed by atoms with Gasteiger partial charge in [-0.15, -0.1) is 0 Å². The topological polar surface area (TPSA) is 18.5 Å². The molecule has 38 heavy (non-hydrogen) atoms. The molecule has 0 fully saturated rings. The average Bonchev–Trinajstić information content (AvgIpc) is 3.41. The van der Waals surface area contributed by atoms with E-state index in [1.54, 1.807) is 11.1 Å². The van der Waals surface area contributed by atoms with Crippen LogP contribution in [-0.4, -0.2) is 40.9 Å². The van der Waals surface area contributed by atoms with E-state index in [4.69, 9.17) is 9.47 Å². The fourth-order valence-corrected chi connectivity index (χ4v) is 11.0. The Labute approximate surface area is 259 Å². The first-order valence-corrected chi connectivity index (χ1v) is 19.5. The molecule has 2 nitrogen and oxygen atoms in total. The summed E-state index contributed by atoms with van der Waals surface area (Å²) in [6.07, 6.45) is 29.7. The zero-order valence-corrected chi connectivity index (χ0v) is 29.8. The fourth-order valence-electron chi connectivity index (χ4n) is 5.81. The summed E-state index contributed by atoms with van der Waals surface area (Å²) in [7, 11) is 0. The second-order valence-corrected chi connectivity index (χ2v) is 18.0. The predicted octanol–water partition coefficient (Wildman–Crippen LogP) is 11.2. The standard InChI is InChI=1S/C33H58Br2O2Se/c1-3-5-7-9-11-13-15-17-19-21-23-36-27-33(25-29-30(26-33)32(35)38-31(29)34)28-37-24-22-20-18-16-14-12-10-8-6-4-2/h3-28H2,1-2H3. The zero-order valence-electron chi connectivity index (χ0n) is 24.9. The van der Waals surface area contributed by atoms with Crippen LogP contribution in [0, 0.1) is 5.41 Å². The zero-order chi connectivity index (χ0) is 27.3. The Kier molecular flexibility index (Phi) is 20.7. The van der Waals surface area contributed by atoms with Crippen LogP contribution in [0.4, 0.5) is 0 Å². The van der Waals surface area contributed by atoms with Crippen molar-refractivity contribution in [3.8, 4) is 0 Å². The Bertz CT molecular complexity index is 649. The summed E-state index contributed by atoms with van der Waals surface area (Å²) in [5.74, 6) is 0. The van der Waals surface area contributed by atoms with E-state index in [-0.39, 0.29) is 5.41 Å². The number of unbranched alkanes of at least 4 members (excludes halogenated alkanes) is 18. The summed E-state index contributed by atoms with van der Waals surface area (Å²) in [4.78, 5) is 0. The van der Waals surface area contributed by atoms with Crippen LogP contribution >= 0.6 is 31.9 Å². The molecule has 5 heteroatoms. The van der Waals surface area contributed by atoms with Crippen molar-refractivity contribution >= 4 is 46.4 Å². The van der Waals surface area contributed by atoms with Gasteiger partial charge in [0.2, 0.25) is 0 Å². The molecule has 0 spiro atoms. The summed E-state index contributed by atoms with van der Waals surface area (Å²) in [6.45, 7) is 8.07. The molecule has 1 heterocycles. The number of fused-ring (bicyclic) bond motifs is 1. The molecule has 1 aromatic rings. The van der Waals surface area contributed by atoms with Gasteiger partial charge in [-0.25, -0.2) is 0 Å². The van der Waals surface area contributed by atoms with Gasteiger partial charge in [-0.1, -0.05) is 78.1 Å². The number of hydrogen-bond acceptors (Lipinski definition) is 2. The van der Waals surface area contributed by atoms with Gasteiger partial charge in [0.1, 0.15) is 0 Å². The molecule has 0 N–H and O–H groups in total. The minimum absolute atomic E-state index is 0.121. The summed E-state index contributed by atoms with van der Waals surface area (Å²) in [5.41, 5.74) is 3.21. The van der Waals surface area contributed by atoms with Crippen molar-refractivity contribution < 1.29 is 9.47 Å². The molecule has 1 aromatic heterocycles. The third-order valence-corrected chi connectivity index (χ3v) is 12.6. The van der Waals surface area contributed by atoms with E-state index in [0.717, 1.165) is 39.3 Å². The second kappa shape index (κ2) is 22.5. The van der Waals surface area contributed by atoms with Crippen LogP contribution in [0.25, 0.3) is 0 Å². The third kappa shape index (κ3) is 14.7. The molecule has 0 aliphatic heterocycles. The van der Waals surface area contributed by atoms with Crippen molar-refractivity contribution in [2.45, 2.75) is 155 Å². The van der Waals surface area contributed by atoms with E-state index >= 15 is 0 Å². The first-order valence-electron chi connectivity index (χ1n) is 16.2. The maximum absolute atomic E-state index is 6.34. The van der Waals surface area contributed by atoms with Gasteiger partial charge in [0, 0.05) is 0 Å².